The molecule has 0 radical (unpaired) electrons. The third-order valence-electron chi connectivity index (χ3n) is 2.96. The Bertz CT molecular complexity index is 504. The highest BCUT2D eigenvalue weighted by molar-refractivity contribution is 6.32. The van der Waals surface area contributed by atoms with Gasteiger partial charge in [0.2, 0.25) is 12.9 Å². The summed E-state index contributed by atoms with van der Waals surface area (Å²) in [6.07, 6.45) is 3.29. The topological polar surface area (TPSA) is 47.9 Å². The number of aliphatic imine (C=N–C) groups is 1. The van der Waals surface area contributed by atoms with E-state index >= 15 is 0 Å². The van der Waals surface area contributed by atoms with Gasteiger partial charge in [0.25, 0.3) is 0 Å². The molecule has 1 aliphatic carbocycles. The first-order valence-electron chi connectivity index (χ1n) is 4.94. The molecule has 2 aliphatic rings. The first-order chi connectivity index (χ1) is 7.77. The summed E-state index contributed by atoms with van der Waals surface area (Å²) < 4.78 is 10.7. The minimum atomic E-state index is -0.454. The van der Waals surface area contributed by atoms with Crippen molar-refractivity contribution in [2.24, 2.45) is 4.99 Å². The summed E-state index contributed by atoms with van der Waals surface area (Å²) in [4.78, 5) is 14.3. The molecule has 1 heterocycles. The third kappa shape index (κ3) is 1.24. The highest BCUT2D eigenvalue weighted by Crippen LogP contribution is 2.56. The molecule has 4 nitrogen and oxygen atoms in total. The van der Waals surface area contributed by atoms with Crippen molar-refractivity contribution in [3.05, 3.63) is 22.7 Å². The molecule has 0 bridgehead atoms. The number of ether oxygens (including phenoxy) is 2. The lowest BCUT2D eigenvalue weighted by Gasteiger charge is -2.11. The predicted molar refractivity (Wildman–Crippen MR) is 56.6 cm³/mol. The molecule has 1 aliphatic heterocycles. The fourth-order valence-corrected chi connectivity index (χ4v) is 2.18. The maximum atomic E-state index is 10.4. The summed E-state index contributed by atoms with van der Waals surface area (Å²) in [6.45, 7) is 0.160. The van der Waals surface area contributed by atoms with Crippen LogP contribution in [0.5, 0.6) is 11.5 Å². The molecule has 1 aromatic rings. The van der Waals surface area contributed by atoms with Crippen LogP contribution in [-0.2, 0) is 10.3 Å². The lowest BCUT2D eigenvalue weighted by Crippen LogP contribution is -2.04. The highest BCUT2D eigenvalue weighted by atomic mass is 35.5. The normalized spacial score (nSPS) is 19.1. The van der Waals surface area contributed by atoms with Gasteiger partial charge in [0, 0.05) is 5.56 Å². The van der Waals surface area contributed by atoms with E-state index in [4.69, 9.17) is 21.1 Å². The van der Waals surface area contributed by atoms with Crippen molar-refractivity contribution in [1.29, 1.82) is 0 Å². The molecular weight excluding hydrogens is 230 g/mol. The molecule has 0 amide bonds. The molecule has 0 atom stereocenters. The van der Waals surface area contributed by atoms with Crippen LogP contribution in [-0.4, -0.2) is 12.9 Å². The minimum absolute atomic E-state index is 0.160. The van der Waals surface area contributed by atoms with Crippen LogP contribution in [0.4, 0.5) is 0 Å². The van der Waals surface area contributed by atoms with E-state index in [1.165, 1.54) is 0 Å². The standard InChI is InChI=1S/C11H8ClNO3/c12-8-2-1-7(9-10(8)16-6-15-9)11(3-4-11)13-5-14/h1-2H,3-4,6H2. The Kier molecular flexibility index (Phi) is 1.96. The zero-order valence-electron chi connectivity index (χ0n) is 8.33. The fraction of sp³-hybridized carbons (Fsp3) is 0.364. The lowest BCUT2D eigenvalue weighted by atomic mass is 10.0. The number of hydrogen-bond donors (Lipinski definition) is 0. The average molecular weight is 238 g/mol. The second kappa shape index (κ2) is 3.24. The number of fused-ring (bicyclic) bond motifs is 1. The number of benzene rings is 1. The van der Waals surface area contributed by atoms with Crippen LogP contribution in [0.2, 0.25) is 5.02 Å². The highest BCUT2D eigenvalue weighted by Gasteiger charge is 2.48. The van der Waals surface area contributed by atoms with Gasteiger partial charge in [-0.3, -0.25) is 0 Å². The van der Waals surface area contributed by atoms with Crippen LogP contribution >= 0.6 is 11.6 Å². The van der Waals surface area contributed by atoms with Gasteiger partial charge in [-0.15, -0.1) is 0 Å². The van der Waals surface area contributed by atoms with Crippen LogP contribution in [0.15, 0.2) is 17.1 Å². The molecule has 82 valence electrons. The predicted octanol–water partition coefficient (Wildman–Crippen LogP) is 2.39. The molecule has 1 saturated carbocycles. The van der Waals surface area contributed by atoms with Crippen molar-refractivity contribution < 1.29 is 14.3 Å². The van der Waals surface area contributed by atoms with E-state index < -0.39 is 5.54 Å². The smallest absolute Gasteiger partial charge is 0.235 e. The van der Waals surface area contributed by atoms with Gasteiger partial charge in [0.05, 0.1) is 5.02 Å². The number of nitrogens with zero attached hydrogens (tertiary/aromatic N) is 1. The Morgan fingerprint density at radius 3 is 2.75 bits per heavy atom. The van der Waals surface area contributed by atoms with E-state index in [0.29, 0.717) is 16.5 Å². The van der Waals surface area contributed by atoms with Crippen LogP contribution < -0.4 is 9.47 Å². The van der Waals surface area contributed by atoms with Crippen molar-refractivity contribution in [2.45, 2.75) is 18.4 Å². The monoisotopic (exact) mass is 237 g/mol. The Balaban J connectivity index is 2.16. The molecule has 0 N–H and O–H groups in total. The number of hydrogen-bond acceptors (Lipinski definition) is 4. The number of isocyanates is 1. The Hall–Kier alpha value is -1.51. The third-order valence-corrected chi connectivity index (χ3v) is 3.25. The van der Waals surface area contributed by atoms with Gasteiger partial charge in [0.1, 0.15) is 5.54 Å². The molecule has 0 saturated heterocycles. The molecule has 1 fully saturated rings. The van der Waals surface area contributed by atoms with Crippen LogP contribution in [0, 0.1) is 0 Å². The van der Waals surface area contributed by atoms with Gasteiger partial charge in [-0.1, -0.05) is 17.7 Å². The summed E-state index contributed by atoms with van der Waals surface area (Å²) in [6, 6.07) is 3.58. The summed E-state index contributed by atoms with van der Waals surface area (Å²) in [5, 5.41) is 0.516. The Morgan fingerprint density at radius 2 is 2.06 bits per heavy atom. The Labute approximate surface area is 96.8 Å². The lowest BCUT2D eigenvalue weighted by molar-refractivity contribution is 0.173. The number of rotatable bonds is 2. The summed E-state index contributed by atoms with van der Waals surface area (Å²) in [7, 11) is 0. The van der Waals surface area contributed by atoms with Crippen LogP contribution in [0.25, 0.3) is 0 Å². The summed E-state index contributed by atoms with van der Waals surface area (Å²) >= 11 is 5.98. The van der Waals surface area contributed by atoms with Gasteiger partial charge in [-0.05, 0) is 18.9 Å². The van der Waals surface area contributed by atoms with Crippen molar-refractivity contribution >= 4 is 17.7 Å². The average Bonchev–Trinajstić information content (AvgIpc) is 2.88. The molecular formula is C11H8ClNO3. The van der Waals surface area contributed by atoms with E-state index in [1.54, 1.807) is 12.1 Å². The Morgan fingerprint density at radius 1 is 1.31 bits per heavy atom. The molecule has 0 spiro atoms. The molecule has 0 aromatic heterocycles. The van der Waals surface area contributed by atoms with Crippen LogP contribution in [0.3, 0.4) is 0 Å². The van der Waals surface area contributed by atoms with Gasteiger partial charge < -0.3 is 9.47 Å². The van der Waals surface area contributed by atoms with Gasteiger partial charge in [-0.2, -0.15) is 4.99 Å². The summed E-state index contributed by atoms with van der Waals surface area (Å²) in [5.74, 6) is 1.16. The zero-order chi connectivity index (χ0) is 11.2. The number of halogens is 1. The van der Waals surface area contributed by atoms with Crippen molar-refractivity contribution in [2.75, 3.05) is 6.79 Å². The van der Waals surface area contributed by atoms with Gasteiger partial charge in [0.15, 0.2) is 11.5 Å². The van der Waals surface area contributed by atoms with Gasteiger partial charge in [-0.25, -0.2) is 4.79 Å². The SMILES string of the molecule is O=C=NC1(c2ccc(Cl)c3c2OCO3)CC1. The van der Waals surface area contributed by atoms with Crippen molar-refractivity contribution in [1.82, 2.24) is 0 Å². The zero-order valence-corrected chi connectivity index (χ0v) is 9.08. The fourth-order valence-electron chi connectivity index (χ4n) is 1.98. The van der Waals surface area contributed by atoms with E-state index in [2.05, 4.69) is 4.99 Å². The second-order valence-corrected chi connectivity index (χ2v) is 4.30. The van der Waals surface area contributed by atoms with Crippen LogP contribution in [0.1, 0.15) is 18.4 Å². The van der Waals surface area contributed by atoms with E-state index in [-0.39, 0.29) is 6.79 Å². The maximum absolute atomic E-state index is 10.4. The molecule has 3 rings (SSSR count). The van der Waals surface area contributed by atoms with Crippen molar-refractivity contribution in [3.8, 4) is 11.5 Å². The number of carbonyl (C=O) groups excluding carboxylic acids is 1. The first kappa shape index (κ1) is 9.70. The summed E-state index contributed by atoms with van der Waals surface area (Å²) in [5.41, 5.74) is 0.414. The molecule has 5 heteroatoms. The molecule has 16 heavy (non-hydrogen) atoms. The second-order valence-electron chi connectivity index (χ2n) is 3.89. The quantitative estimate of drug-likeness (QED) is 0.586. The van der Waals surface area contributed by atoms with E-state index in [1.807, 2.05) is 6.07 Å². The largest absolute Gasteiger partial charge is 0.453 e. The minimum Gasteiger partial charge on any atom is -0.453 e. The first-order valence-corrected chi connectivity index (χ1v) is 5.32. The van der Waals surface area contributed by atoms with Crippen molar-refractivity contribution in [3.63, 3.8) is 0 Å². The molecule has 1 aromatic carbocycles. The van der Waals surface area contributed by atoms with Gasteiger partial charge >= 0.3 is 0 Å². The van der Waals surface area contributed by atoms with E-state index in [9.17, 15) is 4.79 Å². The molecule has 0 unspecified atom stereocenters. The van der Waals surface area contributed by atoms with E-state index in [0.717, 1.165) is 18.4 Å². The maximum Gasteiger partial charge on any atom is 0.235 e.